The first-order valence-corrected chi connectivity index (χ1v) is 7.74. The maximum Gasteiger partial charge on any atom is 0.126 e. The normalized spacial score (nSPS) is 12.4. The highest BCUT2D eigenvalue weighted by Gasteiger charge is 2.16. The Labute approximate surface area is 130 Å². The highest BCUT2D eigenvalue weighted by Crippen LogP contribution is 2.29. The van der Waals surface area contributed by atoms with Crippen LogP contribution in [0.3, 0.4) is 0 Å². The molecule has 0 radical (unpaired) electrons. The van der Waals surface area contributed by atoms with E-state index in [1.165, 1.54) is 6.07 Å². The third-order valence-corrected chi connectivity index (χ3v) is 4.38. The van der Waals surface area contributed by atoms with Crippen LogP contribution >= 0.6 is 39.1 Å². The van der Waals surface area contributed by atoms with Crippen LogP contribution in [-0.2, 0) is 6.42 Å². The predicted octanol–water partition coefficient (Wildman–Crippen LogP) is 5.85. The fourth-order valence-electron chi connectivity index (χ4n) is 2.01. The molecule has 0 saturated heterocycles. The first kappa shape index (κ1) is 14.8. The smallest absolute Gasteiger partial charge is 0.126 e. The van der Waals surface area contributed by atoms with E-state index in [1.807, 2.05) is 18.2 Å². The molecular formula is C15H12BrCl2F. The molecule has 19 heavy (non-hydrogen) atoms. The predicted molar refractivity (Wildman–Crippen MR) is 83.1 cm³/mol. The first-order chi connectivity index (χ1) is 9.11. The van der Waals surface area contributed by atoms with E-state index in [4.69, 9.17) is 23.2 Å². The van der Waals surface area contributed by atoms with Crippen LogP contribution < -0.4 is 0 Å². The van der Waals surface area contributed by atoms with E-state index in [2.05, 4.69) is 15.9 Å². The molecule has 0 amide bonds. The van der Waals surface area contributed by atoms with Gasteiger partial charge < -0.3 is 0 Å². The van der Waals surface area contributed by atoms with E-state index in [0.717, 1.165) is 5.56 Å². The molecule has 0 aromatic heterocycles. The quantitative estimate of drug-likeness (QED) is 0.599. The van der Waals surface area contributed by atoms with Crippen LogP contribution in [0.5, 0.6) is 0 Å². The fraction of sp³-hybridized carbons (Fsp3) is 0.200. The molecule has 4 heteroatoms. The van der Waals surface area contributed by atoms with Crippen LogP contribution in [0.1, 0.15) is 17.0 Å². The lowest BCUT2D eigenvalue weighted by Gasteiger charge is -2.16. The zero-order valence-electron chi connectivity index (χ0n) is 10.0. The number of benzene rings is 2. The van der Waals surface area contributed by atoms with Gasteiger partial charge in [0, 0.05) is 21.3 Å². The van der Waals surface area contributed by atoms with E-state index in [9.17, 15) is 4.39 Å². The van der Waals surface area contributed by atoms with Crippen molar-refractivity contribution >= 4 is 39.1 Å². The van der Waals surface area contributed by atoms with Crippen molar-refractivity contribution < 1.29 is 4.39 Å². The minimum absolute atomic E-state index is 0.0416. The summed E-state index contributed by atoms with van der Waals surface area (Å²) in [6.45, 7) is 0. The molecule has 100 valence electrons. The molecule has 0 heterocycles. The highest BCUT2D eigenvalue weighted by atomic mass is 79.9. The Kier molecular flexibility index (Phi) is 5.26. The fourth-order valence-corrected chi connectivity index (χ4v) is 3.07. The van der Waals surface area contributed by atoms with Crippen molar-refractivity contribution in [3.63, 3.8) is 0 Å². The molecule has 0 aliphatic rings. The summed E-state index contributed by atoms with van der Waals surface area (Å²) in [5.74, 6) is -0.142. The second kappa shape index (κ2) is 6.74. The van der Waals surface area contributed by atoms with Gasteiger partial charge in [0.2, 0.25) is 0 Å². The Bertz CT molecular complexity index is 572. The van der Waals surface area contributed by atoms with Crippen molar-refractivity contribution in [2.24, 2.45) is 0 Å². The summed E-state index contributed by atoms with van der Waals surface area (Å²) in [5, 5.41) is 1.90. The summed E-state index contributed by atoms with van der Waals surface area (Å²) in [4.78, 5) is 0. The van der Waals surface area contributed by atoms with Crippen LogP contribution in [0.4, 0.5) is 4.39 Å². The van der Waals surface area contributed by atoms with Gasteiger partial charge in [0.15, 0.2) is 0 Å². The van der Waals surface area contributed by atoms with Gasteiger partial charge in [-0.15, -0.1) is 0 Å². The molecule has 2 aromatic carbocycles. The largest absolute Gasteiger partial charge is 0.207 e. The molecule has 2 aromatic rings. The molecule has 0 spiro atoms. The minimum Gasteiger partial charge on any atom is -0.207 e. The Morgan fingerprint density at radius 1 is 1.11 bits per heavy atom. The summed E-state index contributed by atoms with van der Waals surface area (Å²) in [6, 6.07) is 12.2. The van der Waals surface area contributed by atoms with Crippen molar-refractivity contribution in [2.75, 3.05) is 5.33 Å². The standard InChI is InChI=1S/C15H12BrCl2F/c16-9-11(13-3-1-2-4-15(13)19)7-10-5-6-12(17)8-14(10)18/h1-6,8,11H,7,9H2. The van der Waals surface area contributed by atoms with Gasteiger partial charge in [-0.05, 0) is 35.7 Å². The second-order valence-corrected chi connectivity index (χ2v) is 5.80. The van der Waals surface area contributed by atoms with Crippen LogP contribution in [-0.4, -0.2) is 5.33 Å². The third kappa shape index (κ3) is 3.71. The molecule has 0 aliphatic heterocycles. The molecule has 0 saturated carbocycles. The van der Waals surface area contributed by atoms with E-state index in [1.54, 1.807) is 18.2 Å². The van der Waals surface area contributed by atoms with Crippen molar-refractivity contribution in [3.05, 3.63) is 69.5 Å². The summed E-state index contributed by atoms with van der Waals surface area (Å²) in [6.07, 6.45) is 0.669. The molecule has 1 atom stereocenters. The van der Waals surface area contributed by atoms with E-state index >= 15 is 0 Å². The Morgan fingerprint density at radius 3 is 2.47 bits per heavy atom. The Balaban J connectivity index is 2.27. The van der Waals surface area contributed by atoms with Gasteiger partial charge in [-0.25, -0.2) is 4.39 Å². The van der Waals surface area contributed by atoms with Crippen LogP contribution in [0.2, 0.25) is 10.0 Å². The number of hydrogen-bond donors (Lipinski definition) is 0. The first-order valence-electron chi connectivity index (χ1n) is 5.86. The molecule has 2 rings (SSSR count). The molecule has 0 bridgehead atoms. The van der Waals surface area contributed by atoms with Gasteiger partial charge in [0.25, 0.3) is 0 Å². The van der Waals surface area contributed by atoms with Crippen molar-refractivity contribution in [2.45, 2.75) is 12.3 Å². The monoisotopic (exact) mass is 360 g/mol. The number of halogens is 4. The molecule has 1 unspecified atom stereocenters. The zero-order chi connectivity index (χ0) is 13.8. The molecule has 0 aliphatic carbocycles. The summed E-state index contributed by atoms with van der Waals surface area (Å²) >= 11 is 15.5. The van der Waals surface area contributed by atoms with Gasteiger partial charge in [-0.2, -0.15) is 0 Å². The average molecular weight is 362 g/mol. The zero-order valence-corrected chi connectivity index (χ0v) is 13.1. The van der Waals surface area contributed by atoms with E-state index < -0.39 is 0 Å². The lowest BCUT2D eigenvalue weighted by Crippen LogP contribution is -2.07. The molecular weight excluding hydrogens is 350 g/mol. The van der Waals surface area contributed by atoms with Gasteiger partial charge in [-0.1, -0.05) is 63.4 Å². The Hall–Kier alpha value is -0.570. The van der Waals surface area contributed by atoms with Crippen LogP contribution in [0, 0.1) is 5.82 Å². The van der Waals surface area contributed by atoms with Crippen molar-refractivity contribution in [1.82, 2.24) is 0 Å². The molecule has 0 N–H and O–H groups in total. The summed E-state index contributed by atoms with van der Waals surface area (Å²) in [5.41, 5.74) is 1.67. The molecule has 0 fully saturated rings. The SMILES string of the molecule is Fc1ccccc1C(CBr)Cc1ccc(Cl)cc1Cl. The number of rotatable bonds is 4. The van der Waals surface area contributed by atoms with Crippen molar-refractivity contribution in [1.29, 1.82) is 0 Å². The van der Waals surface area contributed by atoms with Crippen LogP contribution in [0.25, 0.3) is 0 Å². The lowest BCUT2D eigenvalue weighted by atomic mass is 9.93. The van der Waals surface area contributed by atoms with Crippen LogP contribution in [0.15, 0.2) is 42.5 Å². The van der Waals surface area contributed by atoms with Gasteiger partial charge >= 0.3 is 0 Å². The number of hydrogen-bond acceptors (Lipinski definition) is 0. The number of alkyl halides is 1. The summed E-state index contributed by atoms with van der Waals surface area (Å²) < 4.78 is 13.8. The lowest BCUT2D eigenvalue weighted by molar-refractivity contribution is 0.590. The maximum absolute atomic E-state index is 13.8. The van der Waals surface area contributed by atoms with E-state index in [-0.39, 0.29) is 11.7 Å². The van der Waals surface area contributed by atoms with Gasteiger partial charge in [-0.3, -0.25) is 0 Å². The maximum atomic E-state index is 13.8. The van der Waals surface area contributed by atoms with Gasteiger partial charge in [0.05, 0.1) is 0 Å². The van der Waals surface area contributed by atoms with Gasteiger partial charge in [0.1, 0.15) is 5.82 Å². The summed E-state index contributed by atoms with van der Waals surface area (Å²) in [7, 11) is 0. The average Bonchev–Trinajstić information content (AvgIpc) is 2.39. The Morgan fingerprint density at radius 2 is 1.84 bits per heavy atom. The van der Waals surface area contributed by atoms with Crippen molar-refractivity contribution in [3.8, 4) is 0 Å². The highest BCUT2D eigenvalue weighted by molar-refractivity contribution is 9.09. The minimum atomic E-state index is -0.183. The second-order valence-electron chi connectivity index (χ2n) is 4.31. The third-order valence-electron chi connectivity index (χ3n) is 3.01. The topological polar surface area (TPSA) is 0 Å². The van der Waals surface area contributed by atoms with E-state index in [0.29, 0.717) is 27.4 Å². The molecule has 0 nitrogen and oxygen atoms in total.